The SMILES string of the molecule is Cc1c(F)ccc(C(C)(C)O)c1F. The standard InChI is InChI=1S/C10H12F2O/c1-6-8(11)5-4-7(9(6)12)10(2,3)13/h4-5,13H,1-3H3. The van der Waals surface area contributed by atoms with Crippen LogP contribution in [0.4, 0.5) is 8.78 Å². The zero-order valence-corrected chi connectivity index (χ0v) is 7.86. The predicted molar refractivity (Wildman–Crippen MR) is 46.3 cm³/mol. The number of hydrogen-bond donors (Lipinski definition) is 1. The van der Waals surface area contributed by atoms with Crippen LogP contribution in [0.25, 0.3) is 0 Å². The van der Waals surface area contributed by atoms with E-state index in [0.29, 0.717) is 0 Å². The smallest absolute Gasteiger partial charge is 0.135 e. The van der Waals surface area contributed by atoms with Gasteiger partial charge in [-0.15, -0.1) is 0 Å². The number of halogens is 2. The average molecular weight is 186 g/mol. The van der Waals surface area contributed by atoms with Crippen LogP contribution in [0.1, 0.15) is 25.0 Å². The average Bonchev–Trinajstić information content (AvgIpc) is 1.98. The molecular weight excluding hydrogens is 174 g/mol. The lowest BCUT2D eigenvalue weighted by Gasteiger charge is -2.19. The predicted octanol–water partition coefficient (Wildman–Crippen LogP) is 2.50. The summed E-state index contributed by atoms with van der Waals surface area (Å²) in [4.78, 5) is 0. The Morgan fingerprint density at radius 2 is 1.77 bits per heavy atom. The molecule has 1 aromatic carbocycles. The molecule has 0 aliphatic rings. The Morgan fingerprint density at radius 1 is 1.23 bits per heavy atom. The molecule has 0 aromatic heterocycles. The maximum Gasteiger partial charge on any atom is 0.135 e. The summed E-state index contributed by atoms with van der Waals surface area (Å²) >= 11 is 0. The van der Waals surface area contributed by atoms with Gasteiger partial charge in [0.15, 0.2) is 0 Å². The van der Waals surface area contributed by atoms with Crippen LogP contribution in [0.2, 0.25) is 0 Å². The molecule has 72 valence electrons. The molecule has 0 bridgehead atoms. The summed E-state index contributed by atoms with van der Waals surface area (Å²) in [5, 5.41) is 9.52. The lowest BCUT2D eigenvalue weighted by atomic mass is 9.96. The van der Waals surface area contributed by atoms with Gasteiger partial charge in [0.25, 0.3) is 0 Å². The van der Waals surface area contributed by atoms with E-state index >= 15 is 0 Å². The fourth-order valence-corrected chi connectivity index (χ4v) is 1.13. The van der Waals surface area contributed by atoms with Crippen molar-refractivity contribution in [1.29, 1.82) is 0 Å². The number of hydrogen-bond acceptors (Lipinski definition) is 1. The van der Waals surface area contributed by atoms with Crippen molar-refractivity contribution in [1.82, 2.24) is 0 Å². The third-order valence-corrected chi connectivity index (χ3v) is 1.98. The Hall–Kier alpha value is -0.960. The first-order valence-electron chi connectivity index (χ1n) is 4.01. The van der Waals surface area contributed by atoms with Gasteiger partial charge in [-0.05, 0) is 26.8 Å². The normalized spacial score (nSPS) is 11.8. The van der Waals surface area contributed by atoms with Gasteiger partial charge in [0, 0.05) is 11.1 Å². The van der Waals surface area contributed by atoms with E-state index in [1.54, 1.807) is 0 Å². The van der Waals surface area contributed by atoms with Crippen LogP contribution in [0.15, 0.2) is 12.1 Å². The first-order chi connectivity index (χ1) is 5.84. The van der Waals surface area contributed by atoms with Crippen molar-refractivity contribution in [2.24, 2.45) is 0 Å². The van der Waals surface area contributed by atoms with E-state index in [9.17, 15) is 13.9 Å². The van der Waals surface area contributed by atoms with E-state index in [2.05, 4.69) is 0 Å². The fraction of sp³-hybridized carbons (Fsp3) is 0.400. The van der Waals surface area contributed by atoms with Gasteiger partial charge in [0.05, 0.1) is 5.60 Å². The fourth-order valence-electron chi connectivity index (χ4n) is 1.13. The zero-order valence-electron chi connectivity index (χ0n) is 7.86. The van der Waals surface area contributed by atoms with Gasteiger partial charge in [-0.25, -0.2) is 8.78 Å². The van der Waals surface area contributed by atoms with Crippen LogP contribution < -0.4 is 0 Å². The van der Waals surface area contributed by atoms with E-state index in [0.717, 1.165) is 6.07 Å². The number of rotatable bonds is 1. The summed E-state index contributed by atoms with van der Waals surface area (Å²) in [5.41, 5.74) is -1.21. The van der Waals surface area contributed by atoms with Crippen LogP contribution in [-0.4, -0.2) is 5.11 Å². The molecule has 1 aromatic rings. The topological polar surface area (TPSA) is 20.2 Å². The Bertz CT molecular complexity index is 326. The molecule has 13 heavy (non-hydrogen) atoms. The monoisotopic (exact) mass is 186 g/mol. The first-order valence-corrected chi connectivity index (χ1v) is 4.01. The van der Waals surface area contributed by atoms with E-state index < -0.39 is 17.2 Å². The van der Waals surface area contributed by atoms with Gasteiger partial charge in [-0.3, -0.25) is 0 Å². The minimum absolute atomic E-state index is 0.0559. The largest absolute Gasteiger partial charge is 0.386 e. The molecule has 0 aliphatic carbocycles. The first kappa shape index (κ1) is 10.1. The Balaban J connectivity index is 3.35. The highest BCUT2D eigenvalue weighted by molar-refractivity contribution is 5.29. The molecule has 0 amide bonds. The van der Waals surface area contributed by atoms with Gasteiger partial charge < -0.3 is 5.11 Å². The molecule has 0 saturated heterocycles. The van der Waals surface area contributed by atoms with Crippen LogP contribution in [-0.2, 0) is 5.60 Å². The Labute approximate surface area is 76.0 Å². The molecule has 0 fully saturated rings. The zero-order chi connectivity index (χ0) is 10.2. The maximum absolute atomic E-state index is 13.4. The second kappa shape index (κ2) is 3.07. The van der Waals surface area contributed by atoms with Crippen LogP contribution in [0, 0.1) is 18.6 Å². The van der Waals surface area contributed by atoms with Gasteiger partial charge in [0.2, 0.25) is 0 Å². The summed E-state index contributed by atoms with van der Waals surface area (Å²) in [7, 11) is 0. The van der Waals surface area contributed by atoms with E-state index in [1.165, 1.54) is 26.8 Å². The Morgan fingerprint density at radius 3 is 2.23 bits per heavy atom. The quantitative estimate of drug-likeness (QED) is 0.714. The van der Waals surface area contributed by atoms with Crippen molar-refractivity contribution in [3.63, 3.8) is 0 Å². The van der Waals surface area contributed by atoms with Crippen molar-refractivity contribution in [2.75, 3.05) is 0 Å². The van der Waals surface area contributed by atoms with Crippen molar-refractivity contribution in [3.05, 3.63) is 34.9 Å². The molecule has 1 N–H and O–H groups in total. The van der Waals surface area contributed by atoms with Gasteiger partial charge in [-0.2, -0.15) is 0 Å². The van der Waals surface area contributed by atoms with Crippen molar-refractivity contribution >= 4 is 0 Å². The van der Waals surface area contributed by atoms with Gasteiger partial charge >= 0.3 is 0 Å². The van der Waals surface area contributed by atoms with Crippen LogP contribution in [0.3, 0.4) is 0 Å². The summed E-state index contributed by atoms with van der Waals surface area (Å²) in [6, 6.07) is 2.42. The molecule has 3 heteroatoms. The molecule has 0 heterocycles. The minimum Gasteiger partial charge on any atom is -0.386 e. The number of benzene rings is 1. The third-order valence-electron chi connectivity index (χ3n) is 1.98. The summed E-state index contributed by atoms with van der Waals surface area (Å²) in [6.07, 6.45) is 0. The molecule has 1 rings (SSSR count). The highest BCUT2D eigenvalue weighted by atomic mass is 19.1. The molecule has 0 atom stereocenters. The van der Waals surface area contributed by atoms with E-state index in [-0.39, 0.29) is 11.1 Å². The Kier molecular flexibility index (Phi) is 2.39. The van der Waals surface area contributed by atoms with Crippen LogP contribution >= 0.6 is 0 Å². The highest BCUT2D eigenvalue weighted by Crippen LogP contribution is 2.25. The lowest BCUT2D eigenvalue weighted by Crippen LogP contribution is -2.18. The summed E-state index contributed by atoms with van der Waals surface area (Å²) in [5.74, 6) is -1.27. The summed E-state index contributed by atoms with van der Waals surface area (Å²) < 4.78 is 26.2. The summed E-state index contributed by atoms with van der Waals surface area (Å²) in [6.45, 7) is 4.27. The molecule has 0 unspecified atom stereocenters. The number of aliphatic hydroxyl groups is 1. The van der Waals surface area contributed by atoms with Gasteiger partial charge in [-0.1, -0.05) is 6.07 Å². The molecule has 0 radical (unpaired) electrons. The maximum atomic E-state index is 13.4. The van der Waals surface area contributed by atoms with E-state index in [1.807, 2.05) is 0 Å². The second-order valence-corrected chi connectivity index (χ2v) is 3.59. The van der Waals surface area contributed by atoms with Crippen molar-refractivity contribution in [2.45, 2.75) is 26.4 Å². The van der Waals surface area contributed by atoms with Gasteiger partial charge in [0.1, 0.15) is 11.6 Å². The molecule has 0 saturated carbocycles. The van der Waals surface area contributed by atoms with Crippen molar-refractivity contribution < 1.29 is 13.9 Å². The lowest BCUT2D eigenvalue weighted by molar-refractivity contribution is 0.0742. The molecule has 0 spiro atoms. The molecule has 0 aliphatic heterocycles. The van der Waals surface area contributed by atoms with Crippen molar-refractivity contribution in [3.8, 4) is 0 Å². The minimum atomic E-state index is -1.28. The molecule has 1 nitrogen and oxygen atoms in total. The van der Waals surface area contributed by atoms with E-state index in [4.69, 9.17) is 0 Å². The highest BCUT2D eigenvalue weighted by Gasteiger charge is 2.22. The molecular formula is C10H12F2O. The van der Waals surface area contributed by atoms with Crippen LogP contribution in [0.5, 0.6) is 0 Å². The third kappa shape index (κ3) is 1.86. The second-order valence-electron chi connectivity index (χ2n) is 3.59.